The van der Waals surface area contributed by atoms with Crippen LogP contribution < -0.4 is 18.9 Å². The Balaban J connectivity index is 2.30. The molecule has 1 aliphatic carbocycles. The molecule has 5 nitrogen and oxygen atoms in total. The van der Waals surface area contributed by atoms with E-state index in [0.717, 1.165) is 47.9 Å². The highest BCUT2D eigenvalue weighted by molar-refractivity contribution is 5.87. The Hall–Kier alpha value is -2.82. The Labute approximate surface area is 166 Å². The molecule has 28 heavy (non-hydrogen) atoms. The molecule has 3 rings (SSSR count). The summed E-state index contributed by atoms with van der Waals surface area (Å²) in [5.74, 6) is 2.52. The zero-order valence-electron chi connectivity index (χ0n) is 17.2. The van der Waals surface area contributed by atoms with Crippen molar-refractivity contribution in [2.45, 2.75) is 32.6 Å². The number of ether oxygens (including phenoxy) is 4. The van der Waals surface area contributed by atoms with E-state index in [1.54, 1.807) is 28.4 Å². The van der Waals surface area contributed by atoms with Gasteiger partial charge in [0.05, 0.1) is 28.4 Å². The minimum Gasteiger partial charge on any atom is -0.504 e. The van der Waals surface area contributed by atoms with Crippen LogP contribution in [0.3, 0.4) is 0 Å². The van der Waals surface area contributed by atoms with Crippen molar-refractivity contribution in [3.05, 3.63) is 46.5 Å². The molecule has 0 bridgehead atoms. The van der Waals surface area contributed by atoms with Crippen molar-refractivity contribution in [2.24, 2.45) is 0 Å². The van der Waals surface area contributed by atoms with Crippen molar-refractivity contribution in [1.29, 1.82) is 0 Å². The Morgan fingerprint density at radius 2 is 1.50 bits per heavy atom. The maximum atomic E-state index is 10.8. The van der Waals surface area contributed by atoms with E-state index in [0.29, 0.717) is 23.0 Å². The number of benzene rings is 2. The van der Waals surface area contributed by atoms with Crippen LogP contribution in [-0.4, -0.2) is 33.5 Å². The fraction of sp³-hybridized carbons (Fsp3) is 0.391. The van der Waals surface area contributed by atoms with E-state index >= 15 is 0 Å². The average Bonchev–Trinajstić information content (AvgIpc) is 2.92. The van der Waals surface area contributed by atoms with Crippen LogP contribution in [0, 0.1) is 0 Å². The Bertz CT molecular complexity index is 873. The van der Waals surface area contributed by atoms with Crippen LogP contribution in [0.5, 0.6) is 28.7 Å². The zero-order chi connectivity index (χ0) is 20.3. The summed E-state index contributed by atoms with van der Waals surface area (Å²) in [6.07, 6.45) is 3.68. The van der Waals surface area contributed by atoms with Gasteiger partial charge in [-0.25, -0.2) is 0 Å². The molecule has 0 aromatic heterocycles. The molecule has 5 heteroatoms. The standard InChI is InChI=1S/C23H28O5/c1-6-14-8-7-9-17-16(10-11-18(25-2)22(17)24)21(14)15-12-19(26-3)23(28-5)20(13-15)27-4/h10-13,24H,6-9H2,1-5H3. The van der Waals surface area contributed by atoms with Gasteiger partial charge in [0.15, 0.2) is 23.0 Å². The molecule has 0 fully saturated rings. The first-order valence-electron chi connectivity index (χ1n) is 9.51. The molecule has 150 valence electrons. The molecule has 2 aromatic carbocycles. The summed E-state index contributed by atoms with van der Waals surface area (Å²) < 4.78 is 21.9. The van der Waals surface area contributed by atoms with Gasteiger partial charge < -0.3 is 24.1 Å². The highest BCUT2D eigenvalue weighted by Gasteiger charge is 2.24. The summed E-state index contributed by atoms with van der Waals surface area (Å²) in [7, 11) is 6.41. The summed E-state index contributed by atoms with van der Waals surface area (Å²) in [6, 6.07) is 7.81. The molecule has 0 spiro atoms. The number of aromatic hydroxyl groups is 1. The summed E-state index contributed by atoms with van der Waals surface area (Å²) >= 11 is 0. The number of allylic oxidation sites excluding steroid dienone is 1. The summed E-state index contributed by atoms with van der Waals surface area (Å²) in [6.45, 7) is 2.17. The van der Waals surface area contributed by atoms with E-state index in [4.69, 9.17) is 18.9 Å². The van der Waals surface area contributed by atoms with Gasteiger partial charge in [-0.3, -0.25) is 0 Å². The maximum absolute atomic E-state index is 10.8. The molecule has 0 saturated heterocycles. The third-order valence-electron chi connectivity index (χ3n) is 5.37. The van der Waals surface area contributed by atoms with Crippen molar-refractivity contribution in [3.8, 4) is 28.7 Å². The van der Waals surface area contributed by atoms with Gasteiger partial charge in [-0.2, -0.15) is 0 Å². The van der Waals surface area contributed by atoms with Crippen LogP contribution in [-0.2, 0) is 6.42 Å². The van der Waals surface area contributed by atoms with Crippen molar-refractivity contribution < 1.29 is 24.1 Å². The molecule has 0 amide bonds. The predicted molar refractivity (Wildman–Crippen MR) is 110 cm³/mol. The van der Waals surface area contributed by atoms with E-state index < -0.39 is 0 Å². The van der Waals surface area contributed by atoms with Gasteiger partial charge in [0, 0.05) is 5.56 Å². The van der Waals surface area contributed by atoms with Gasteiger partial charge in [-0.1, -0.05) is 18.6 Å². The molecule has 1 N–H and O–H groups in total. The Kier molecular flexibility index (Phi) is 6.02. The first-order chi connectivity index (χ1) is 13.6. The maximum Gasteiger partial charge on any atom is 0.203 e. The van der Waals surface area contributed by atoms with E-state index in [1.165, 1.54) is 5.57 Å². The molecule has 0 unspecified atom stereocenters. The topological polar surface area (TPSA) is 57.2 Å². The second kappa shape index (κ2) is 8.46. The molecule has 2 aromatic rings. The predicted octanol–water partition coefficient (Wildman–Crippen LogP) is 4.97. The molecular formula is C23H28O5. The molecular weight excluding hydrogens is 356 g/mol. The second-order valence-corrected chi connectivity index (χ2v) is 6.74. The van der Waals surface area contributed by atoms with Crippen molar-refractivity contribution in [1.82, 2.24) is 0 Å². The zero-order valence-corrected chi connectivity index (χ0v) is 17.2. The van der Waals surface area contributed by atoms with Crippen molar-refractivity contribution in [3.63, 3.8) is 0 Å². The monoisotopic (exact) mass is 384 g/mol. The van der Waals surface area contributed by atoms with Crippen LogP contribution in [0.4, 0.5) is 0 Å². The number of phenols is 1. The van der Waals surface area contributed by atoms with Gasteiger partial charge in [-0.05, 0) is 60.6 Å². The van der Waals surface area contributed by atoms with Crippen molar-refractivity contribution >= 4 is 5.57 Å². The lowest BCUT2D eigenvalue weighted by atomic mass is 9.89. The Morgan fingerprint density at radius 1 is 0.857 bits per heavy atom. The summed E-state index contributed by atoms with van der Waals surface area (Å²) in [5.41, 5.74) is 5.40. The van der Waals surface area contributed by atoms with Crippen LogP contribution in [0.2, 0.25) is 0 Å². The molecule has 0 saturated carbocycles. The fourth-order valence-corrected chi connectivity index (χ4v) is 4.00. The summed E-state index contributed by atoms with van der Waals surface area (Å²) in [5, 5.41) is 10.8. The normalized spacial score (nSPS) is 13.6. The molecule has 0 aliphatic heterocycles. The number of hydrogen-bond donors (Lipinski definition) is 1. The number of rotatable bonds is 6. The van der Waals surface area contributed by atoms with Gasteiger partial charge in [0.1, 0.15) is 0 Å². The molecule has 1 aliphatic rings. The molecule has 0 heterocycles. The van der Waals surface area contributed by atoms with Crippen molar-refractivity contribution in [2.75, 3.05) is 28.4 Å². The highest BCUT2D eigenvalue weighted by Crippen LogP contribution is 2.46. The molecule has 0 radical (unpaired) electrons. The third-order valence-corrected chi connectivity index (χ3v) is 5.37. The second-order valence-electron chi connectivity index (χ2n) is 6.74. The van der Waals surface area contributed by atoms with E-state index in [9.17, 15) is 5.11 Å². The number of fused-ring (bicyclic) bond motifs is 1. The minimum atomic E-state index is 0.224. The summed E-state index contributed by atoms with van der Waals surface area (Å²) in [4.78, 5) is 0. The lowest BCUT2D eigenvalue weighted by Gasteiger charge is -2.20. The van der Waals surface area contributed by atoms with Gasteiger partial charge in [0.2, 0.25) is 5.75 Å². The molecule has 0 atom stereocenters. The van der Waals surface area contributed by atoms with Crippen LogP contribution >= 0.6 is 0 Å². The van der Waals surface area contributed by atoms with Gasteiger partial charge >= 0.3 is 0 Å². The first kappa shape index (κ1) is 19.9. The quantitative estimate of drug-likeness (QED) is 0.762. The van der Waals surface area contributed by atoms with E-state index in [-0.39, 0.29) is 5.75 Å². The minimum absolute atomic E-state index is 0.224. The van der Waals surface area contributed by atoms with E-state index in [2.05, 4.69) is 6.92 Å². The first-order valence-corrected chi connectivity index (χ1v) is 9.51. The highest BCUT2D eigenvalue weighted by atomic mass is 16.5. The SMILES string of the molecule is CCC1=C(c2cc(OC)c(OC)c(OC)c2)c2ccc(OC)c(O)c2CCC1. The third kappa shape index (κ3) is 3.37. The number of phenolic OH excluding ortho intramolecular Hbond substituents is 1. The van der Waals surface area contributed by atoms with Crippen LogP contribution in [0.1, 0.15) is 42.9 Å². The van der Waals surface area contributed by atoms with Crippen LogP contribution in [0.25, 0.3) is 5.57 Å². The van der Waals surface area contributed by atoms with Crippen LogP contribution in [0.15, 0.2) is 29.8 Å². The largest absolute Gasteiger partial charge is 0.504 e. The number of hydrogen-bond acceptors (Lipinski definition) is 5. The van der Waals surface area contributed by atoms with Gasteiger partial charge in [0.25, 0.3) is 0 Å². The Morgan fingerprint density at radius 3 is 2.04 bits per heavy atom. The fourth-order valence-electron chi connectivity index (χ4n) is 4.00. The van der Waals surface area contributed by atoms with E-state index in [1.807, 2.05) is 24.3 Å². The smallest absolute Gasteiger partial charge is 0.203 e. The number of methoxy groups -OCH3 is 4. The lowest BCUT2D eigenvalue weighted by molar-refractivity contribution is 0.324. The lowest BCUT2D eigenvalue weighted by Crippen LogP contribution is -2.01. The average molecular weight is 384 g/mol. The van der Waals surface area contributed by atoms with Gasteiger partial charge in [-0.15, -0.1) is 0 Å².